The molecule has 3 nitrogen and oxygen atoms in total. The van der Waals surface area contributed by atoms with Crippen LogP contribution in [0.4, 0.5) is 0 Å². The Hall–Kier alpha value is -2.39. The van der Waals surface area contributed by atoms with Gasteiger partial charge in [0.05, 0.1) is 17.6 Å². The Morgan fingerprint density at radius 2 is 1.77 bits per heavy atom. The second kappa shape index (κ2) is 5.11. The zero-order chi connectivity index (χ0) is 15.1. The molecule has 2 heterocycles. The molecule has 0 spiro atoms. The quantitative estimate of drug-likeness (QED) is 0.669. The van der Waals surface area contributed by atoms with E-state index < -0.39 is 0 Å². The predicted octanol–water partition coefficient (Wildman–Crippen LogP) is 4.04. The third kappa shape index (κ3) is 2.06. The van der Waals surface area contributed by atoms with E-state index in [2.05, 4.69) is 4.98 Å². The average Bonchev–Trinajstić information content (AvgIpc) is 2.87. The smallest absolute Gasteiger partial charge is 0.255 e. The fraction of sp³-hybridized carbons (Fsp3) is 0.111. The normalized spacial score (nSPS) is 13.7. The Balaban J connectivity index is 1.78. The Bertz CT molecular complexity index is 877. The SMILES string of the molecule is O=C1c2c(c(Cl)nc3ccccc23)CN1Cc1ccccc1. The second-order valence-electron chi connectivity index (χ2n) is 5.42. The highest BCUT2D eigenvalue weighted by atomic mass is 35.5. The zero-order valence-electron chi connectivity index (χ0n) is 11.8. The van der Waals surface area contributed by atoms with Crippen molar-refractivity contribution < 1.29 is 4.79 Å². The number of halogens is 1. The van der Waals surface area contributed by atoms with Crippen LogP contribution in [0.3, 0.4) is 0 Å². The number of fused-ring (bicyclic) bond motifs is 3. The molecule has 1 aliphatic rings. The molecule has 0 unspecified atom stereocenters. The topological polar surface area (TPSA) is 33.2 Å². The van der Waals surface area contributed by atoms with Crippen LogP contribution in [-0.2, 0) is 13.1 Å². The van der Waals surface area contributed by atoms with Gasteiger partial charge in [0, 0.05) is 17.5 Å². The lowest BCUT2D eigenvalue weighted by Crippen LogP contribution is -2.23. The van der Waals surface area contributed by atoms with E-state index in [1.54, 1.807) is 0 Å². The monoisotopic (exact) mass is 308 g/mol. The van der Waals surface area contributed by atoms with E-state index in [4.69, 9.17) is 11.6 Å². The lowest BCUT2D eigenvalue weighted by atomic mass is 10.1. The van der Waals surface area contributed by atoms with Gasteiger partial charge < -0.3 is 4.90 Å². The Kier molecular flexibility index (Phi) is 3.09. The molecule has 108 valence electrons. The number of amides is 1. The van der Waals surface area contributed by atoms with Gasteiger partial charge >= 0.3 is 0 Å². The van der Waals surface area contributed by atoms with Crippen LogP contribution >= 0.6 is 11.6 Å². The summed E-state index contributed by atoms with van der Waals surface area (Å²) in [6, 6.07) is 17.6. The first-order valence-corrected chi connectivity index (χ1v) is 7.52. The fourth-order valence-corrected chi connectivity index (χ4v) is 3.21. The zero-order valence-corrected chi connectivity index (χ0v) is 12.5. The summed E-state index contributed by atoms with van der Waals surface area (Å²) in [7, 11) is 0. The molecule has 0 atom stereocenters. The van der Waals surface area contributed by atoms with Gasteiger partial charge in [-0.15, -0.1) is 0 Å². The molecule has 4 rings (SSSR count). The maximum atomic E-state index is 12.8. The molecule has 0 bridgehead atoms. The number of carbonyl (C=O) groups is 1. The Morgan fingerprint density at radius 1 is 1.05 bits per heavy atom. The molecule has 22 heavy (non-hydrogen) atoms. The number of hydrogen-bond acceptors (Lipinski definition) is 2. The van der Waals surface area contributed by atoms with E-state index in [-0.39, 0.29) is 5.91 Å². The van der Waals surface area contributed by atoms with Crippen molar-refractivity contribution in [2.45, 2.75) is 13.1 Å². The standard InChI is InChI=1S/C18H13ClN2O/c19-17-14-11-21(10-12-6-2-1-3-7-12)18(22)16(14)13-8-4-5-9-15(13)20-17/h1-9H,10-11H2. The van der Waals surface area contributed by atoms with Crippen LogP contribution in [0.2, 0.25) is 5.15 Å². The Morgan fingerprint density at radius 3 is 2.59 bits per heavy atom. The molecule has 1 aliphatic heterocycles. The summed E-state index contributed by atoms with van der Waals surface area (Å²) in [5, 5.41) is 1.31. The summed E-state index contributed by atoms with van der Waals surface area (Å²) >= 11 is 6.29. The van der Waals surface area contributed by atoms with Crippen molar-refractivity contribution in [2.75, 3.05) is 0 Å². The van der Waals surface area contributed by atoms with Crippen molar-refractivity contribution in [1.82, 2.24) is 9.88 Å². The summed E-state index contributed by atoms with van der Waals surface area (Å²) in [5.74, 6) is 0.0272. The van der Waals surface area contributed by atoms with E-state index in [0.29, 0.717) is 23.8 Å². The first-order chi connectivity index (χ1) is 10.7. The molecule has 3 aromatic rings. The molecule has 0 saturated carbocycles. The van der Waals surface area contributed by atoms with Gasteiger partial charge in [0.15, 0.2) is 0 Å². The van der Waals surface area contributed by atoms with Gasteiger partial charge in [-0.05, 0) is 11.6 Å². The van der Waals surface area contributed by atoms with Crippen molar-refractivity contribution in [3.8, 4) is 0 Å². The van der Waals surface area contributed by atoms with Crippen LogP contribution in [0.1, 0.15) is 21.5 Å². The third-order valence-corrected chi connectivity index (χ3v) is 4.32. The highest BCUT2D eigenvalue weighted by Gasteiger charge is 2.31. The van der Waals surface area contributed by atoms with E-state index in [1.807, 2.05) is 59.5 Å². The number of aromatic nitrogens is 1. The molecule has 4 heteroatoms. The van der Waals surface area contributed by atoms with E-state index in [9.17, 15) is 4.79 Å². The number of benzene rings is 2. The molecule has 1 amide bonds. The van der Waals surface area contributed by atoms with Crippen LogP contribution in [0.5, 0.6) is 0 Å². The lowest BCUT2D eigenvalue weighted by Gasteiger charge is -2.15. The minimum Gasteiger partial charge on any atom is -0.330 e. The summed E-state index contributed by atoms with van der Waals surface area (Å²) in [4.78, 5) is 19.0. The van der Waals surface area contributed by atoms with Crippen molar-refractivity contribution in [2.24, 2.45) is 0 Å². The lowest BCUT2D eigenvalue weighted by molar-refractivity contribution is 0.0768. The molecule has 1 aromatic heterocycles. The van der Waals surface area contributed by atoms with Crippen LogP contribution < -0.4 is 0 Å². The van der Waals surface area contributed by atoms with Gasteiger partial charge in [0.1, 0.15) is 5.15 Å². The van der Waals surface area contributed by atoms with Crippen LogP contribution in [-0.4, -0.2) is 15.8 Å². The van der Waals surface area contributed by atoms with Gasteiger partial charge in [-0.3, -0.25) is 4.79 Å². The van der Waals surface area contributed by atoms with Gasteiger partial charge in [-0.25, -0.2) is 4.98 Å². The molecule has 0 radical (unpaired) electrons. The molecular formula is C18H13ClN2O. The fourth-order valence-electron chi connectivity index (χ4n) is 2.96. The van der Waals surface area contributed by atoms with Crippen LogP contribution in [0.15, 0.2) is 54.6 Å². The Labute approximate surface area is 133 Å². The first-order valence-electron chi connectivity index (χ1n) is 7.14. The summed E-state index contributed by atoms with van der Waals surface area (Å²) < 4.78 is 0. The maximum absolute atomic E-state index is 12.8. The number of carbonyl (C=O) groups excluding carboxylic acids is 1. The first kappa shape index (κ1) is 13.3. The number of para-hydroxylation sites is 1. The summed E-state index contributed by atoms with van der Waals surface area (Å²) in [6.45, 7) is 1.10. The van der Waals surface area contributed by atoms with Crippen molar-refractivity contribution in [3.05, 3.63) is 76.4 Å². The molecule has 2 aromatic carbocycles. The minimum absolute atomic E-state index is 0.0272. The number of pyridine rings is 1. The summed E-state index contributed by atoms with van der Waals surface area (Å²) in [5.41, 5.74) is 3.41. The van der Waals surface area contributed by atoms with Gasteiger partial charge in [0.2, 0.25) is 0 Å². The number of rotatable bonds is 2. The molecule has 0 saturated heterocycles. The molecule has 0 fully saturated rings. The maximum Gasteiger partial charge on any atom is 0.255 e. The van der Waals surface area contributed by atoms with Crippen molar-refractivity contribution in [3.63, 3.8) is 0 Å². The number of nitrogens with zero attached hydrogens (tertiary/aromatic N) is 2. The minimum atomic E-state index is 0.0272. The highest BCUT2D eigenvalue weighted by molar-refractivity contribution is 6.32. The number of hydrogen-bond donors (Lipinski definition) is 0. The van der Waals surface area contributed by atoms with Gasteiger partial charge in [-0.1, -0.05) is 60.1 Å². The van der Waals surface area contributed by atoms with E-state index >= 15 is 0 Å². The molecule has 0 aliphatic carbocycles. The summed E-state index contributed by atoms with van der Waals surface area (Å²) in [6.07, 6.45) is 0. The second-order valence-corrected chi connectivity index (χ2v) is 5.78. The molecule has 0 N–H and O–H groups in total. The largest absolute Gasteiger partial charge is 0.330 e. The van der Waals surface area contributed by atoms with Crippen molar-refractivity contribution >= 4 is 28.4 Å². The molecular weight excluding hydrogens is 296 g/mol. The van der Waals surface area contributed by atoms with Gasteiger partial charge in [0.25, 0.3) is 5.91 Å². The predicted molar refractivity (Wildman–Crippen MR) is 86.8 cm³/mol. The van der Waals surface area contributed by atoms with Crippen molar-refractivity contribution in [1.29, 1.82) is 0 Å². The van der Waals surface area contributed by atoms with Crippen LogP contribution in [0, 0.1) is 0 Å². The van der Waals surface area contributed by atoms with E-state index in [0.717, 1.165) is 22.0 Å². The van der Waals surface area contributed by atoms with Crippen LogP contribution in [0.25, 0.3) is 10.9 Å². The average molecular weight is 309 g/mol. The highest BCUT2D eigenvalue weighted by Crippen LogP contribution is 2.34. The van der Waals surface area contributed by atoms with E-state index in [1.165, 1.54) is 0 Å². The van der Waals surface area contributed by atoms with Gasteiger partial charge in [-0.2, -0.15) is 0 Å². The third-order valence-electron chi connectivity index (χ3n) is 4.01.